The lowest BCUT2D eigenvalue weighted by molar-refractivity contribution is -0.384. The standard InChI is InChI=1S/C20H19ClN4O4/c21-17-6-4-16(5-7-17)20(27)24-10-8-15(9-11-24)19(26)23-22-13-14-2-1-3-18(12-14)25(28)29/h1-7,12-13,15H,8-11H2,(H,23,26)/b22-13-. The Hall–Kier alpha value is -3.26. The third kappa shape index (κ3) is 5.39. The molecule has 1 aliphatic heterocycles. The fourth-order valence-corrected chi connectivity index (χ4v) is 3.23. The van der Waals surface area contributed by atoms with Gasteiger partial charge in [0.05, 0.1) is 11.1 Å². The van der Waals surface area contributed by atoms with Crippen LogP contribution in [-0.2, 0) is 4.79 Å². The Morgan fingerprint density at radius 1 is 1.17 bits per heavy atom. The Morgan fingerprint density at radius 2 is 1.86 bits per heavy atom. The first-order chi connectivity index (χ1) is 13.9. The largest absolute Gasteiger partial charge is 0.339 e. The highest BCUT2D eigenvalue weighted by Gasteiger charge is 2.27. The first kappa shape index (κ1) is 20.5. The van der Waals surface area contributed by atoms with Crippen LogP contribution in [0, 0.1) is 16.0 Å². The molecule has 0 atom stereocenters. The SMILES string of the molecule is O=C(N/N=C\c1cccc([N+](=O)[O-])c1)C1CCN(C(=O)c2ccc(Cl)cc2)CC1. The van der Waals surface area contributed by atoms with Gasteiger partial charge < -0.3 is 4.90 Å². The number of rotatable bonds is 5. The van der Waals surface area contributed by atoms with E-state index in [-0.39, 0.29) is 23.4 Å². The number of hydrazone groups is 1. The van der Waals surface area contributed by atoms with Crippen LogP contribution in [-0.4, -0.2) is 40.9 Å². The lowest BCUT2D eigenvalue weighted by atomic mass is 9.95. The summed E-state index contributed by atoms with van der Waals surface area (Å²) in [6.45, 7) is 0.961. The number of nitrogens with zero attached hydrogens (tertiary/aromatic N) is 3. The zero-order valence-electron chi connectivity index (χ0n) is 15.5. The van der Waals surface area contributed by atoms with E-state index in [2.05, 4.69) is 10.5 Å². The Labute approximate surface area is 172 Å². The van der Waals surface area contributed by atoms with Crippen LogP contribution in [0.1, 0.15) is 28.8 Å². The van der Waals surface area contributed by atoms with Gasteiger partial charge in [0, 0.05) is 47.3 Å². The Bertz CT molecular complexity index is 938. The second-order valence-electron chi connectivity index (χ2n) is 6.66. The molecule has 1 fully saturated rings. The number of nitrogens with one attached hydrogen (secondary N) is 1. The molecule has 0 unspecified atom stereocenters. The number of nitro groups is 1. The van der Waals surface area contributed by atoms with E-state index in [9.17, 15) is 19.7 Å². The van der Waals surface area contributed by atoms with E-state index in [1.54, 1.807) is 41.3 Å². The summed E-state index contributed by atoms with van der Waals surface area (Å²) in [6.07, 6.45) is 2.44. The van der Waals surface area contributed by atoms with Crippen molar-refractivity contribution in [3.63, 3.8) is 0 Å². The minimum absolute atomic E-state index is 0.0435. The maximum absolute atomic E-state index is 12.5. The molecule has 29 heavy (non-hydrogen) atoms. The molecule has 2 aromatic rings. The van der Waals surface area contributed by atoms with Gasteiger partial charge in [0.2, 0.25) is 5.91 Å². The highest BCUT2D eigenvalue weighted by atomic mass is 35.5. The normalized spacial score (nSPS) is 14.7. The first-order valence-corrected chi connectivity index (χ1v) is 9.44. The lowest BCUT2D eigenvalue weighted by Crippen LogP contribution is -2.42. The average Bonchev–Trinajstić information content (AvgIpc) is 2.74. The topological polar surface area (TPSA) is 105 Å². The molecule has 1 heterocycles. The predicted octanol–water partition coefficient (Wildman–Crippen LogP) is 3.25. The fraction of sp³-hybridized carbons (Fsp3) is 0.250. The van der Waals surface area contributed by atoms with Gasteiger partial charge in [0.25, 0.3) is 11.6 Å². The molecule has 1 saturated heterocycles. The van der Waals surface area contributed by atoms with E-state index in [4.69, 9.17) is 11.6 Å². The number of piperidine rings is 1. The van der Waals surface area contributed by atoms with Crippen LogP contribution in [0.25, 0.3) is 0 Å². The van der Waals surface area contributed by atoms with Gasteiger partial charge in [0.1, 0.15) is 0 Å². The van der Waals surface area contributed by atoms with E-state index >= 15 is 0 Å². The molecule has 8 nitrogen and oxygen atoms in total. The summed E-state index contributed by atoms with van der Waals surface area (Å²) in [5.41, 5.74) is 3.52. The maximum Gasteiger partial charge on any atom is 0.270 e. The van der Waals surface area contributed by atoms with E-state index in [1.165, 1.54) is 18.3 Å². The molecule has 9 heteroatoms. The third-order valence-electron chi connectivity index (χ3n) is 4.71. The van der Waals surface area contributed by atoms with Gasteiger partial charge >= 0.3 is 0 Å². The average molecular weight is 415 g/mol. The van der Waals surface area contributed by atoms with Gasteiger partial charge in [-0.1, -0.05) is 23.7 Å². The number of hydrogen-bond acceptors (Lipinski definition) is 5. The van der Waals surface area contributed by atoms with Crippen LogP contribution in [0.5, 0.6) is 0 Å². The number of nitro benzene ring substituents is 1. The van der Waals surface area contributed by atoms with Crippen molar-refractivity contribution in [2.45, 2.75) is 12.8 Å². The smallest absolute Gasteiger partial charge is 0.270 e. The van der Waals surface area contributed by atoms with E-state index in [0.717, 1.165) is 0 Å². The summed E-state index contributed by atoms with van der Waals surface area (Å²) < 4.78 is 0. The third-order valence-corrected chi connectivity index (χ3v) is 4.97. The minimum atomic E-state index is -0.491. The molecule has 3 rings (SSSR count). The van der Waals surface area contributed by atoms with Gasteiger partial charge in [-0.15, -0.1) is 0 Å². The molecule has 0 spiro atoms. The summed E-state index contributed by atoms with van der Waals surface area (Å²) in [7, 11) is 0. The molecule has 0 bridgehead atoms. The summed E-state index contributed by atoms with van der Waals surface area (Å²) in [6, 6.07) is 12.7. The fourth-order valence-electron chi connectivity index (χ4n) is 3.10. The summed E-state index contributed by atoms with van der Waals surface area (Å²) in [5.74, 6) is -0.555. The molecule has 1 aliphatic rings. The molecule has 0 aromatic heterocycles. The number of likely N-dealkylation sites (tertiary alicyclic amines) is 1. The monoisotopic (exact) mass is 414 g/mol. The molecular weight excluding hydrogens is 396 g/mol. The van der Waals surface area contributed by atoms with Gasteiger partial charge in [-0.2, -0.15) is 5.10 Å². The van der Waals surface area contributed by atoms with Crippen molar-refractivity contribution in [3.8, 4) is 0 Å². The Kier molecular flexibility index (Phi) is 6.56. The summed E-state index contributed by atoms with van der Waals surface area (Å²) in [4.78, 5) is 36.8. The summed E-state index contributed by atoms with van der Waals surface area (Å²) >= 11 is 5.85. The van der Waals surface area contributed by atoms with E-state index in [1.807, 2.05) is 0 Å². The van der Waals surface area contributed by atoms with E-state index < -0.39 is 4.92 Å². The number of non-ortho nitro benzene ring substituents is 1. The first-order valence-electron chi connectivity index (χ1n) is 9.06. The quantitative estimate of drug-likeness (QED) is 0.460. The lowest BCUT2D eigenvalue weighted by Gasteiger charge is -2.31. The molecular formula is C20H19ClN4O4. The van der Waals surface area contributed by atoms with Crippen LogP contribution in [0.2, 0.25) is 5.02 Å². The predicted molar refractivity (Wildman–Crippen MR) is 109 cm³/mol. The van der Waals surface area contributed by atoms with Crippen LogP contribution in [0.4, 0.5) is 5.69 Å². The maximum atomic E-state index is 12.5. The highest BCUT2D eigenvalue weighted by Crippen LogP contribution is 2.20. The van der Waals surface area contributed by atoms with Crippen molar-refractivity contribution >= 4 is 35.3 Å². The Balaban J connectivity index is 1.50. The van der Waals surface area contributed by atoms with Gasteiger partial charge in [-0.05, 0) is 37.1 Å². The van der Waals surface area contributed by atoms with Gasteiger partial charge in [0.15, 0.2) is 0 Å². The van der Waals surface area contributed by atoms with Crippen molar-refractivity contribution in [1.29, 1.82) is 0 Å². The summed E-state index contributed by atoms with van der Waals surface area (Å²) in [5, 5.41) is 15.2. The number of amides is 2. The van der Waals surface area contributed by atoms with Crippen molar-refractivity contribution in [1.82, 2.24) is 10.3 Å². The Morgan fingerprint density at radius 3 is 2.52 bits per heavy atom. The van der Waals surface area contributed by atoms with E-state index in [0.29, 0.717) is 42.1 Å². The number of carbonyl (C=O) groups excluding carboxylic acids is 2. The molecule has 2 amide bonds. The van der Waals surface area contributed by atoms with Crippen molar-refractivity contribution in [2.24, 2.45) is 11.0 Å². The van der Waals surface area contributed by atoms with Crippen LogP contribution >= 0.6 is 11.6 Å². The van der Waals surface area contributed by atoms with Crippen molar-refractivity contribution in [2.75, 3.05) is 13.1 Å². The number of halogens is 1. The van der Waals surface area contributed by atoms with Crippen LogP contribution < -0.4 is 5.43 Å². The van der Waals surface area contributed by atoms with Crippen LogP contribution in [0.3, 0.4) is 0 Å². The molecule has 150 valence electrons. The van der Waals surface area contributed by atoms with Gasteiger partial charge in [-0.25, -0.2) is 5.43 Å². The molecule has 2 aromatic carbocycles. The number of hydrogen-bond donors (Lipinski definition) is 1. The zero-order valence-corrected chi connectivity index (χ0v) is 16.2. The number of benzene rings is 2. The zero-order chi connectivity index (χ0) is 20.8. The second-order valence-corrected chi connectivity index (χ2v) is 7.10. The minimum Gasteiger partial charge on any atom is -0.339 e. The highest BCUT2D eigenvalue weighted by molar-refractivity contribution is 6.30. The van der Waals surface area contributed by atoms with Crippen LogP contribution in [0.15, 0.2) is 53.6 Å². The second kappa shape index (κ2) is 9.29. The molecule has 0 saturated carbocycles. The van der Waals surface area contributed by atoms with Crippen molar-refractivity contribution < 1.29 is 14.5 Å². The molecule has 0 radical (unpaired) electrons. The molecule has 1 N–H and O–H groups in total. The van der Waals surface area contributed by atoms with Gasteiger partial charge in [-0.3, -0.25) is 19.7 Å². The van der Waals surface area contributed by atoms with Crippen molar-refractivity contribution in [3.05, 3.63) is 74.8 Å². The molecule has 0 aliphatic carbocycles. The number of carbonyl (C=O) groups is 2.